The summed E-state index contributed by atoms with van der Waals surface area (Å²) in [6, 6.07) is -0.921. The number of amides is 1. The van der Waals surface area contributed by atoms with Crippen LogP contribution >= 0.6 is 0 Å². The first-order chi connectivity index (χ1) is 9.90. The van der Waals surface area contributed by atoms with Gasteiger partial charge in [-0.25, -0.2) is 18.4 Å². The molecule has 0 radical (unpaired) electrons. The zero-order valence-corrected chi connectivity index (χ0v) is 12.9. The molecule has 0 fully saturated rings. The average Bonchev–Trinajstić information content (AvgIpc) is 2.47. The lowest BCUT2D eigenvalue weighted by molar-refractivity contribution is -0.122. The zero-order chi connectivity index (χ0) is 15.9. The van der Waals surface area contributed by atoms with Crippen molar-refractivity contribution in [3.63, 3.8) is 0 Å². The van der Waals surface area contributed by atoms with Gasteiger partial charge in [0.2, 0.25) is 21.9 Å². The van der Waals surface area contributed by atoms with E-state index in [4.69, 9.17) is 4.74 Å². The highest BCUT2D eigenvalue weighted by Crippen LogP contribution is 2.07. The first-order valence-electron chi connectivity index (χ1n) is 6.19. The second-order valence-electron chi connectivity index (χ2n) is 4.12. The Morgan fingerprint density at radius 2 is 2.00 bits per heavy atom. The predicted octanol–water partition coefficient (Wildman–Crippen LogP) is -1.05. The fourth-order valence-electron chi connectivity index (χ4n) is 1.37. The summed E-state index contributed by atoms with van der Waals surface area (Å²) in [5.41, 5.74) is 0. The second kappa shape index (κ2) is 7.86. The summed E-state index contributed by atoms with van der Waals surface area (Å²) < 4.78 is 31.2. The van der Waals surface area contributed by atoms with Gasteiger partial charge in [-0.3, -0.25) is 4.79 Å². The van der Waals surface area contributed by atoms with Crippen LogP contribution in [0.15, 0.2) is 17.3 Å². The number of nitrogens with one attached hydrogen (secondary N) is 3. The van der Waals surface area contributed by atoms with Gasteiger partial charge in [0.05, 0.1) is 25.0 Å². The predicted molar refractivity (Wildman–Crippen MR) is 76.2 cm³/mol. The van der Waals surface area contributed by atoms with Gasteiger partial charge in [-0.2, -0.15) is 4.72 Å². The molecule has 118 valence electrons. The SMILES string of the molecule is CNc1ncc(S(=O)(=O)NC(C)C(=O)NCCOC)cn1. The third kappa shape index (κ3) is 5.25. The monoisotopic (exact) mass is 317 g/mol. The molecule has 1 heterocycles. The Morgan fingerprint density at radius 1 is 1.38 bits per heavy atom. The summed E-state index contributed by atoms with van der Waals surface area (Å²) in [5.74, 6) is -0.136. The molecule has 10 heteroatoms. The molecule has 0 saturated carbocycles. The van der Waals surface area contributed by atoms with Gasteiger partial charge in [-0.15, -0.1) is 0 Å². The van der Waals surface area contributed by atoms with E-state index in [-0.39, 0.29) is 4.90 Å². The summed E-state index contributed by atoms with van der Waals surface area (Å²) in [5, 5.41) is 5.22. The van der Waals surface area contributed by atoms with Crippen molar-refractivity contribution in [1.82, 2.24) is 20.0 Å². The van der Waals surface area contributed by atoms with E-state index in [1.54, 1.807) is 7.05 Å². The molecule has 1 aromatic heterocycles. The lowest BCUT2D eigenvalue weighted by atomic mass is 10.3. The van der Waals surface area contributed by atoms with Gasteiger partial charge in [0.15, 0.2) is 0 Å². The molecule has 0 bridgehead atoms. The number of hydrogen-bond donors (Lipinski definition) is 3. The molecule has 0 aromatic carbocycles. The van der Waals surface area contributed by atoms with Crippen molar-refractivity contribution >= 4 is 21.9 Å². The van der Waals surface area contributed by atoms with Crippen LogP contribution < -0.4 is 15.4 Å². The third-order valence-electron chi connectivity index (χ3n) is 2.49. The van der Waals surface area contributed by atoms with E-state index in [2.05, 4.69) is 25.3 Å². The molecule has 21 heavy (non-hydrogen) atoms. The average molecular weight is 317 g/mol. The number of rotatable bonds is 8. The molecule has 0 aliphatic rings. The normalized spacial score (nSPS) is 12.7. The van der Waals surface area contributed by atoms with Crippen LogP contribution in [0.25, 0.3) is 0 Å². The smallest absolute Gasteiger partial charge is 0.244 e. The Balaban J connectivity index is 2.68. The fraction of sp³-hybridized carbons (Fsp3) is 0.545. The van der Waals surface area contributed by atoms with Crippen LogP contribution in [-0.4, -0.2) is 57.6 Å². The van der Waals surface area contributed by atoms with E-state index in [0.29, 0.717) is 19.1 Å². The molecule has 1 amide bonds. The largest absolute Gasteiger partial charge is 0.383 e. The van der Waals surface area contributed by atoms with E-state index in [0.717, 1.165) is 12.4 Å². The summed E-state index contributed by atoms with van der Waals surface area (Å²) in [7, 11) is -0.729. The summed E-state index contributed by atoms with van der Waals surface area (Å²) >= 11 is 0. The van der Waals surface area contributed by atoms with Gasteiger partial charge >= 0.3 is 0 Å². The Bertz CT molecular complexity index is 560. The Kier molecular flexibility index (Phi) is 6.46. The van der Waals surface area contributed by atoms with Crippen molar-refractivity contribution in [2.75, 3.05) is 32.6 Å². The number of anilines is 1. The molecule has 0 aliphatic heterocycles. The number of carbonyl (C=O) groups is 1. The minimum Gasteiger partial charge on any atom is -0.383 e. The minimum absolute atomic E-state index is 0.113. The van der Waals surface area contributed by atoms with Crippen molar-refractivity contribution in [2.24, 2.45) is 0 Å². The number of carbonyl (C=O) groups excluding carboxylic acids is 1. The number of aromatic nitrogens is 2. The minimum atomic E-state index is -3.85. The van der Waals surface area contributed by atoms with Gasteiger partial charge in [0.1, 0.15) is 4.90 Å². The number of ether oxygens (including phenoxy) is 1. The quantitative estimate of drug-likeness (QED) is 0.523. The van der Waals surface area contributed by atoms with Gasteiger partial charge in [0.25, 0.3) is 0 Å². The van der Waals surface area contributed by atoms with Crippen molar-refractivity contribution in [2.45, 2.75) is 17.9 Å². The van der Waals surface area contributed by atoms with Gasteiger partial charge in [-0.1, -0.05) is 0 Å². The summed E-state index contributed by atoms with van der Waals surface area (Å²) in [4.78, 5) is 19.2. The molecule has 0 spiro atoms. The Morgan fingerprint density at radius 3 is 2.52 bits per heavy atom. The summed E-state index contributed by atoms with van der Waals surface area (Å²) in [6.07, 6.45) is 2.33. The number of nitrogens with zero attached hydrogens (tertiary/aromatic N) is 2. The van der Waals surface area contributed by atoms with Crippen LogP contribution in [0.3, 0.4) is 0 Å². The Hall–Kier alpha value is -1.78. The standard InChI is InChI=1S/C11H19N5O4S/c1-8(10(17)13-4-5-20-3)16-21(18,19)9-6-14-11(12-2)15-7-9/h6-8,16H,4-5H2,1-3H3,(H,13,17)(H,12,14,15). The number of sulfonamides is 1. The molecule has 1 aromatic rings. The van der Waals surface area contributed by atoms with Crippen LogP contribution in [0.5, 0.6) is 0 Å². The fourth-order valence-corrected chi connectivity index (χ4v) is 2.46. The van der Waals surface area contributed by atoms with Gasteiger partial charge < -0.3 is 15.4 Å². The van der Waals surface area contributed by atoms with Crippen LogP contribution in [0.1, 0.15) is 6.92 Å². The molecule has 1 unspecified atom stereocenters. The lowest BCUT2D eigenvalue weighted by Gasteiger charge is -2.14. The van der Waals surface area contributed by atoms with Crippen molar-refractivity contribution in [3.8, 4) is 0 Å². The van der Waals surface area contributed by atoms with E-state index in [1.807, 2.05) is 0 Å². The molecular weight excluding hydrogens is 298 g/mol. The zero-order valence-electron chi connectivity index (χ0n) is 12.1. The van der Waals surface area contributed by atoms with Gasteiger partial charge in [-0.05, 0) is 6.92 Å². The maximum atomic E-state index is 12.1. The third-order valence-corrected chi connectivity index (χ3v) is 3.99. The molecule has 1 atom stereocenters. The van der Waals surface area contributed by atoms with Crippen molar-refractivity contribution in [1.29, 1.82) is 0 Å². The lowest BCUT2D eigenvalue weighted by Crippen LogP contribution is -2.45. The van der Waals surface area contributed by atoms with Crippen molar-refractivity contribution < 1.29 is 17.9 Å². The van der Waals surface area contributed by atoms with E-state index in [9.17, 15) is 13.2 Å². The highest BCUT2D eigenvalue weighted by atomic mass is 32.2. The van der Waals surface area contributed by atoms with Crippen LogP contribution in [0.2, 0.25) is 0 Å². The van der Waals surface area contributed by atoms with Crippen molar-refractivity contribution in [3.05, 3.63) is 12.4 Å². The highest BCUT2D eigenvalue weighted by molar-refractivity contribution is 7.89. The highest BCUT2D eigenvalue weighted by Gasteiger charge is 2.22. The molecule has 3 N–H and O–H groups in total. The molecule has 0 saturated heterocycles. The summed E-state index contributed by atoms with van der Waals surface area (Å²) in [6.45, 7) is 2.11. The first-order valence-corrected chi connectivity index (χ1v) is 7.68. The number of hydrogen-bond acceptors (Lipinski definition) is 7. The van der Waals surface area contributed by atoms with Crippen LogP contribution in [-0.2, 0) is 19.6 Å². The second-order valence-corrected chi connectivity index (χ2v) is 5.83. The maximum Gasteiger partial charge on any atom is 0.244 e. The van der Waals surface area contributed by atoms with E-state index < -0.39 is 22.0 Å². The van der Waals surface area contributed by atoms with Crippen LogP contribution in [0.4, 0.5) is 5.95 Å². The topological polar surface area (TPSA) is 122 Å². The Labute approximate surface area is 123 Å². The maximum absolute atomic E-state index is 12.1. The van der Waals surface area contributed by atoms with E-state index >= 15 is 0 Å². The van der Waals surface area contributed by atoms with Crippen LogP contribution in [0, 0.1) is 0 Å². The molecular formula is C11H19N5O4S. The first kappa shape index (κ1) is 17.3. The number of methoxy groups -OCH3 is 1. The molecule has 0 aliphatic carbocycles. The van der Waals surface area contributed by atoms with Gasteiger partial charge in [0, 0.05) is 20.7 Å². The molecule has 9 nitrogen and oxygen atoms in total. The van der Waals surface area contributed by atoms with E-state index in [1.165, 1.54) is 14.0 Å². The molecule has 1 rings (SSSR count).